The summed E-state index contributed by atoms with van der Waals surface area (Å²) >= 11 is 6.38. The van der Waals surface area contributed by atoms with Crippen molar-refractivity contribution in [2.45, 2.75) is 36.9 Å². The van der Waals surface area contributed by atoms with Crippen molar-refractivity contribution in [3.8, 4) is 0 Å². The van der Waals surface area contributed by atoms with Crippen molar-refractivity contribution < 1.29 is 9.53 Å². The minimum atomic E-state index is -0.427. The van der Waals surface area contributed by atoms with Gasteiger partial charge in [0.05, 0.1) is 18.6 Å². The van der Waals surface area contributed by atoms with E-state index in [1.54, 1.807) is 0 Å². The van der Waals surface area contributed by atoms with Crippen LogP contribution in [0.1, 0.15) is 36.0 Å². The number of fused-ring (bicyclic) bond motifs is 2. The van der Waals surface area contributed by atoms with Crippen LogP contribution in [0.3, 0.4) is 0 Å². The van der Waals surface area contributed by atoms with Crippen molar-refractivity contribution in [3.63, 3.8) is 0 Å². The zero-order valence-corrected chi connectivity index (χ0v) is 14.6. The predicted octanol–water partition coefficient (Wildman–Crippen LogP) is 3.42. The molecule has 2 aliphatic heterocycles. The number of halogens is 1. The molecule has 3 aliphatic rings. The summed E-state index contributed by atoms with van der Waals surface area (Å²) < 4.78 is 6.15. The van der Waals surface area contributed by atoms with E-state index in [0.29, 0.717) is 18.2 Å². The van der Waals surface area contributed by atoms with Crippen LogP contribution < -0.4 is 0 Å². The van der Waals surface area contributed by atoms with Gasteiger partial charge in [0.15, 0.2) is 0 Å². The largest absolute Gasteiger partial charge is 0.364 e. The van der Waals surface area contributed by atoms with Gasteiger partial charge in [0, 0.05) is 29.5 Å². The summed E-state index contributed by atoms with van der Waals surface area (Å²) in [5.41, 5.74) is 2.53. The van der Waals surface area contributed by atoms with Crippen molar-refractivity contribution in [1.29, 1.82) is 0 Å². The first kappa shape index (κ1) is 15.4. The topological polar surface area (TPSA) is 42.4 Å². The highest BCUT2D eigenvalue weighted by Gasteiger charge is 2.57. The van der Waals surface area contributed by atoms with Crippen molar-refractivity contribution >= 4 is 17.5 Å². The Morgan fingerprint density at radius 1 is 1.16 bits per heavy atom. The number of pyridine rings is 1. The second kappa shape index (κ2) is 5.29. The monoisotopic (exact) mass is 354 g/mol. The van der Waals surface area contributed by atoms with Crippen molar-refractivity contribution in [2.24, 2.45) is 0 Å². The first-order valence-electron chi connectivity index (χ1n) is 8.76. The van der Waals surface area contributed by atoms with Gasteiger partial charge >= 0.3 is 0 Å². The molecule has 1 atom stereocenters. The second-order valence-electron chi connectivity index (χ2n) is 7.35. The van der Waals surface area contributed by atoms with Gasteiger partial charge in [-0.15, -0.1) is 0 Å². The lowest BCUT2D eigenvalue weighted by Gasteiger charge is -2.27. The highest BCUT2D eigenvalue weighted by Crippen LogP contribution is 2.53. The molecule has 5 heteroatoms. The molecule has 1 amide bonds. The predicted molar refractivity (Wildman–Crippen MR) is 94.3 cm³/mol. The van der Waals surface area contributed by atoms with Gasteiger partial charge in [-0.2, -0.15) is 0 Å². The molecule has 2 fully saturated rings. The lowest BCUT2D eigenvalue weighted by molar-refractivity contribution is -0.134. The van der Waals surface area contributed by atoms with Gasteiger partial charge < -0.3 is 9.64 Å². The molecule has 0 N–H and O–H groups in total. The molecular formula is C20H19ClN2O2. The van der Waals surface area contributed by atoms with Crippen LogP contribution in [0, 0.1) is 0 Å². The van der Waals surface area contributed by atoms with Crippen LogP contribution in [-0.2, 0) is 27.2 Å². The summed E-state index contributed by atoms with van der Waals surface area (Å²) in [6.07, 6.45) is 6.28. The molecule has 0 bridgehead atoms. The van der Waals surface area contributed by atoms with Crippen LogP contribution in [0.15, 0.2) is 42.7 Å². The van der Waals surface area contributed by atoms with E-state index in [-0.39, 0.29) is 11.5 Å². The maximum Gasteiger partial charge on any atom is 0.233 e. The Balaban J connectivity index is 1.43. The number of aromatic nitrogens is 1. The summed E-state index contributed by atoms with van der Waals surface area (Å²) in [7, 11) is 0. The van der Waals surface area contributed by atoms with Gasteiger partial charge in [0.25, 0.3) is 0 Å². The Morgan fingerprint density at radius 2 is 2.00 bits per heavy atom. The third kappa shape index (κ3) is 2.17. The molecule has 1 unspecified atom stereocenters. The molecule has 1 saturated carbocycles. The van der Waals surface area contributed by atoms with Crippen LogP contribution in [-0.4, -0.2) is 28.9 Å². The molecule has 1 spiro atoms. The molecular weight excluding hydrogens is 336 g/mol. The fraction of sp³-hybridized carbons (Fsp3) is 0.400. The molecule has 25 heavy (non-hydrogen) atoms. The van der Waals surface area contributed by atoms with E-state index in [4.69, 9.17) is 16.3 Å². The number of nitrogens with zero attached hydrogens (tertiary/aromatic N) is 2. The molecule has 1 aromatic carbocycles. The van der Waals surface area contributed by atoms with Gasteiger partial charge in [-0.1, -0.05) is 29.8 Å². The molecule has 1 aromatic heterocycles. The van der Waals surface area contributed by atoms with Gasteiger partial charge in [-0.05, 0) is 42.5 Å². The van der Waals surface area contributed by atoms with Crippen LogP contribution >= 0.6 is 11.6 Å². The normalized spacial score (nSPS) is 26.0. The smallest absolute Gasteiger partial charge is 0.233 e. The van der Waals surface area contributed by atoms with E-state index < -0.39 is 5.41 Å². The molecule has 1 aliphatic carbocycles. The molecule has 3 heterocycles. The average Bonchev–Trinajstić information content (AvgIpc) is 3.21. The number of carbonyl (C=O) groups is 1. The van der Waals surface area contributed by atoms with Crippen LogP contribution in [0.5, 0.6) is 0 Å². The zero-order valence-electron chi connectivity index (χ0n) is 13.9. The molecule has 0 radical (unpaired) electrons. The maximum absolute atomic E-state index is 13.3. The first-order valence-corrected chi connectivity index (χ1v) is 9.14. The lowest BCUT2D eigenvalue weighted by Crippen LogP contribution is -2.40. The van der Waals surface area contributed by atoms with E-state index in [2.05, 4.69) is 4.98 Å². The maximum atomic E-state index is 13.3. The van der Waals surface area contributed by atoms with E-state index >= 15 is 0 Å². The van der Waals surface area contributed by atoms with Crippen molar-refractivity contribution in [3.05, 3.63) is 64.4 Å². The number of likely N-dealkylation sites (tertiary alicyclic amines) is 1. The minimum absolute atomic E-state index is 0.198. The zero-order chi connectivity index (χ0) is 17.1. The van der Waals surface area contributed by atoms with Crippen LogP contribution in [0.25, 0.3) is 0 Å². The highest BCUT2D eigenvalue weighted by molar-refractivity contribution is 6.31. The summed E-state index contributed by atoms with van der Waals surface area (Å²) in [6, 6.07) is 9.78. The third-order valence-electron chi connectivity index (χ3n) is 5.97. The fourth-order valence-electron chi connectivity index (χ4n) is 4.45. The minimum Gasteiger partial charge on any atom is -0.364 e. The average molecular weight is 355 g/mol. The SMILES string of the molecule is O=C(N1CCC2(C1)OCc1cnccc12)C1(c2ccccc2Cl)CC1. The first-order chi connectivity index (χ1) is 12.1. The lowest BCUT2D eigenvalue weighted by atomic mass is 9.92. The molecule has 5 rings (SSSR count). The Labute approximate surface area is 151 Å². The molecule has 1 saturated heterocycles. The summed E-state index contributed by atoms with van der Waals surface area (Å²) in [6.45, 7) is 1.93. The molecule has 128 valence electrons. The summed E-state index contributed by atoms with van der Waals surface area (Å²) in [5, 5.41) is 0.691. The number of amides is 1. The fourth-order valence-corrected chi connectivity index (χ4v) is 4.77. The Morgan fingerprint density at radius 3 is 2.80 bits per heavy atom. The van der Waals surface area contributed by atoms with E-state index in [1.165, 1.54) is 5.56 Å². The number of ether oxygens (including phenoxy) is 1. The van der Waals surface area contributed by atoms with Crippen molar-refractivity contribution in [1.82, 2.24) is 9.88 Å². The number of carbonyl (C=O) groups excluding carboxylic acids is 1. The van der Waals surface area contributed by atoms with Gasteiger partial charge in [0.2, 0.25) is 5.91 Å². The third-order valence-corrected chi connectivity index (χ3v) is 6.30. The second-order valence-corrected chi connectivity index (χ2v) is 7.76. The van der Waals surface area contributed by atoms with E-state index in [9.17, 15) is 4.79 Å². The Bertz CT molecular complexity index is 864. The highest BCUT2D eigenvalue weighted by atomic mass is 35.5. The standard InChI is InChI=1S/C20H19ClN2O2/c21-17-4-2-1-3-16(17)19(6-7-19)18(24)23-10-8-20(13-23)15-5-9-22-11-14(15)12-25-20/h1-5,9,11H,6-8,10,12-13H2. The molecule has 4 nitrogen and oxygen atoms in total. The van der Waals surface area contributed by atoms with E-state index in [1.807, 2.05) is 47.6 Å². The number of hydrogen-bond donors (Lipinski definition) is 0. The molecule has 2 aromatic rings. The van der Waals surface area contributed by atoms with Gasteiger partial charge in [-0.25, -0.2) is 0 Å². The number of rotatable bonds is 2. The number of hydrogen-bond acceptors (Lipinski definition) is 3. The van der Waals surface area contributed by atoms with Crippen LogP contribution in [0.4, 0.5) is 0 Å². The number of benzene rings is 1. The Kier molecular flexibility index (Phi) is 3.25. The summed E-state index contributed by atoms with van der Waals surface area (Å²) in [5.74, 6) is 0.198. The van der Waals surface area contributed by atoms with Crippen molar-refractivity contribution in [2.75, 3.05) is 13.1 Å². The van der Waals surface area contributed by atoms with E-state index in [0.717, 1.165) is 36.9 Å². The van der Waals surface area contributed by atoms with Gasteiger partial charge in [0.1, 0.15) is 5.60 Å². The van der Waals surface area contributed by atoms with Crippen LogP contribution in [0.2, 0.25) is 5.02 Å². The quantitative estimate of drug-likeness (QED) is 0.829. The Hall–Kier alpha value is -1.91. The summed E-state index contributed by atoms with van der Waals surface area (Å²) in [4.78, 5) is 19.5. The van der Waals surface area contributed by atoms with Gasteiger partial charge in [-0.3, -0.25) is 9.78 Å².